The van der Waals surface area contributed by atoms with Gasteiger partial charge in [-0.25, -0.2) is 0 Å². The van der Waals surface area contributed by atoms with E-state index in [1.807, 2.05) is 6.92 Å². The van der Waals surface area contributed by atoms with E-state index in [2.05, 4.69) is 22.3 Å². The van der Waals surface area contributed by atoms with Gasteiger partial charge in [0.25, 0.3) is 0 Å². The highest BCUT2D eigenvalue weighted by molar-refractivity contribution is 8.01. The van der Waals surface area contributed by atoms with Gasteiger partial charge in [0.15, 0.2) is 5.82 Å². The molecule has 4 atom stereocenters. The molecule has 0 spiro atoms. The van der Waals surface area contributed by atoms with Crippen molar-refractivity contribution in [3.8, 4) is 0 Å². The van der Waals surface area contributed by atoms with Crippen LogP contribution < -0.4 is 5.32 Å². The van der Waals surface area contributed by atoms with Gasteiger partial charge in [-0.15, -0.1) is 11.8 Å². The first-order chi connectivity index (χ1) is 12.5. The van der Waals surface area contributed by atoms with Crippen molar-refractivity contribution in [2.75, 3.05) is 17.6 Å². The summed E-state index contributed by atoms with van der Waals surface area (Å²) >= 11 is 1.39. The van der Waals surface area contributed by atoms with Crippen molar-refractivity contribution >= 4 is 29.4 Å². The Balaban J connectivity index is 1.50. The number of aryl methyl sites for hydroxylation is 1. The number of rotatable bonds is 5. The average molecular weight is 380 g/mol. The predicted molar refractivity (Wildman–Crippen MR) is 103 cm³/mol. The molecule has 1 aliphatic carbocycles. The first kappa shape index (κ1) is 19.3. The Labute approximate surface area is 159 Å². The number of amides is 2. The summed E-state index contributed by atoms with van der Waals surface area (Å²) < 4.78 is 4.95. The van der Waals surface area contributed by atoms with Gasteiger partial charge in [0.1, 0.15) is 5.76 Å². The van der Waals surface area contributed by atoms with Crippen molar-refractivity contribution in [3.63, 3.8) is 0 Å². The average Bonchev–Trinajstić information content (AvgIpc) is 3.04. The first-order valence-electron chi connectivity index (χ1n) is 9.61. The van der Waals surface area contributed by atoms with Gasteiger partial charge in [-0.2, -0.15) is 0 Å². The molecule has 0 aromatic carbocycles. The Kier molecular flexibility index (Phi) is 6.27. The monoisotopic (exact) mass is 379 g/mol. The van der Waals surface area contributed by atoms with Crippen LogP contribution in [-0.2, 0) is 9.59 Å². The van der Waals surface area contributed by atoms with Gasteiger partial charge in [0.05, 0.1) is 11.0 Å². The third-order valence-corrected chi connectivity index (χ3v) is 6.89. The van der Waals surface area contributed by atoms with E-state index in [1.54, 1.807) is 13.0 Å². The van der Waals surface area contributed by atoms with E-state index in [4.69, 9.17) is 4.52 Å². The molecule has 1 aliphatic heterocycles. The molecule has 144 valence electrons. The number of carbonyl (C=O) groups is 2. The zero-order chi connectivity index (χ0) is 18.7. The molecule has 2 heterocycles. The maximum atomic E-state index is 12.8. The van der Waals surface area contributed by atoms with Gasteiger partial charge < -0.3 is 14.7 Å². The summed E-state index contributed by atoms with van der Waals surface area (Å²) in [6, 6.07) is 2.08. The molecule has 2 fully saturated rings. The molecule has 0 bridgehead atoms. The Morgan fingerprint density at radius 1 is 1.38 bits per heavy atom. The fourth-order valence-corrected chi connectivity index (χ4v) is 5.00. The molecule has 0 radical (unpaired) electrons. The van der Waals surface area contributed by atoms with Gasteiger partial charge in [-0.1, -0.05) is 24.9 Å². The molecular weight excluding hydrogens is 350 g/mol. The minimum Gasteiger partial charge on any atom is -0.360 e. The highest BCUT2D eigenvalue weighted by Gasteiger charge is 2.39. The molecule has 1 saturated heterocycles. The third-order valence-electron chi connectivity index (χ3n) is 5.76. The van der Waals surface area contributed by atoms with Crippen LogP contribution in [0.3, 0.4) is 0 Å². The van der Waals surface area contributed by atoms with Gasteiger partial charge >= 0.3 is 0 Å². The molecule has 1 aromatic heterocycles. The fraction of sp³-hybridized carbons (Fsp3) is 0.737. The van der Waals surface area contributed by atoms with Crippen LogP contribution in [0.1, 0.15) is 51.7 Å². The number of carbonyl (C=O) groups excluding carboxylic acids is 2. The van der Waals surface area contributed by atoms with E-state index < -0.39 is 0 Å². The molecule has 0 unspecified atom stereocenters. The lowest BCUT2D eigenvalue weighted by molar-refractivity contribution is -0.136. The van der Waals surface area contributed by atoms with Crippen LogP contribution in [0.25, 0.3) is 0 Å². The van der Waals surface area contributed by atoms with Crippen LogP contribution >= 0.6 is 11.8 Å². The predicted octanol–water partition coefficient (Wildman–Crippen LogP) is 3.47. The number of fused-ring (bicyclic) bond motifs is 1. The zero-order valence-electron chi connectivity index (χ0n) is 15.9. The Morgan fingerprint density at radius 3 is 2.88 bits per heavy atom. The van der Waals surface area contributed by atoms with Crippen molar-refractivity contribution in [3.05, 3.63) is 11.8 Å². The molecular formula is C19H29N3O3S. The van der Waals surface area contributed by atoms with Crippen LogP contribution in [-0.4, -0.2) is 45.5 Å². The largest absolute Gasteiger partial charge is 0.360 e. The molecule has 1 saturated carbocycles. The lowest BCUT2D eigenvalue weighted by Crippen LogP contribution is -2.53. The summed E-state index contributed by atoms with van der Waals surface area (Å²) in [5.74, 6) is 2.81. The second-order valence-electron chi connectivity index (χ2n) is 7.63. The molecule has 2 aliphatic rings. The number of nitrogens with zero attached hydrogens (tertiary/aromatic N) is 2. The number of hydrogen-bond donors (Lipinski definition) is 1. The summed E-state index contributed by atoms with van der Waals surface area (Å²) in [6.45, 7) is 6.79. The maximum absolute atomic E-state index is 12.8. The number of hydrogen-bond acceptors (Lipinski definition) is 5. The SMILES string of the molecule is Cc1cc(NC(=O)[C@H](C)SCC(=O)N2CC[C@H](C)[C@H]3CCCC[C@H]32)no1. The van der Waals surface area contributed by atoms with Gasteiger partial charge in [-0.05, 0) is 44.9 Å². The highest BCUT2D eigenvalue weighted by Crippen LogP contribution is 2.39. The van der Waals surface area contributed by atoms with Crippen LogP contribution in [0.4, 0.5) is 5.82 Å². The molecule has 2 amide bonds. The summed E-state index contributed by atoms with van der Waals surface area (Å²) in [7, 11) is 0. The van der Waals surface area contributed by atoms with E-state index in [0.717, 1.165) is 19.4 Å². The van der Waals surface area contributed by atoms with E-state index >= 15 is 0 Å². The first-order valence-corrected chi connectivity index (χ1v) is 10.7. The molecule has 7 heteroatoms. The van der Waals surface area contributed by atoms with Crippen LogP contribution in [0.15, 0.2) is 10.6 Å². The van der Waals surface area contributed by atoms with Gasteiger partial charge in [0, 0.05) is 18.7 Å². The lowest BCUT2D eigenvalue weighted by atomic mass is 9.72. The van der Waals surface area contributed by atoms with Crippen molar-refractivity contribution in [1.29, 1.82) is 0 Å². The molecule has 1 N–H and O–H groups in total. The van der Waals surface area contributed by atoms with Crippen molar-refractivity contribution in [2.45, 2.75) is 64.2 Å². The highest BCUT2D eigenvalue weighted by atomic mass is 32.2. The number of anilines is 1. The summed E-state index contributed by atoms with van der Waals surface area (Å²) in [4.78, 5) is 27.1. The zero-order valence-corrected chi connectivity index (χ0v) is 16.7. The normalized spacial score (nSPS) is 26.9. The standard InChI is InChI=1S/C19H29N3O3S/c1-12-8-9-22(16-7-5-4-6-15(12)16)18(23)11-26-14(3)19(24)20-17-10-13(2)25-21-17/h10,12,14-16H,4-9,11H2,1-3H3,(H,20,21,24)/t12-,14-,15+,16+/m0/s1. The Hall–Kier alpha value is -1.50. The maximum Gasteiger partial charge on any atom is 0.238 e. The number of piperidine rings is 1. The number of thioether (sulfide) groups is 1. The Morgan fingerprint density at radius 2 is 2.15 bits per heavy atom. The molecule has 6 nitrogen and oxygen atoms in total. The smallest absolute Gasteiger partial charge is 0.238 e. The lowest BCUT2D eigenvalue weighted by Gasteiger charge is -2.47. The minimum atomic E-state index is -0.318. The van der Waals surface area contributed by atoms with Crippen LogP contribution in [0.5, 0.6) is 0 Å². The third kappa shape index (κ3) is 4.42. The van der Waals surface area contributed by atoms with E-state index in [9.17, 15) is 9.59 Å². The molecule has 3 rings (SSSR count). The number of likely N-dealkylation sites (tertiary alicyclic amines) is 1. The quantitative estimate of drug-likeness (QED) is 0.848. The summed E-state index contributed by atoms with van der Waals surface area (Å²) in [5.41, 5.74) is 0. The minimum absolute atomic E-state index is 0.154. The topological polar surface area (TPSA) is 75.4 Å². The number of nitrogens with one attached hydrogen (secondary N) is 1. The van der Waals surface area contributed by atoms with Crippen molar-refractivity contribution in [1.82, 2.24) is 10.1 Å². The van der Waals surface area contributed by atoms with E-state index in [0.29, 0.717) is 35.2 Å². The second-order valence-corrected chi connectivity index (χ2v) is 8.96. The van der Waals surface area contributed by atoms with E-state index in [1.165, 1.54) is 31.0 Å². The van der Waals surface area contributed by atoms with Crippen LogP contribution in [0, 0.1) is 18.8 Å². The van der Waals surface area contributed by atoms with Gasteiger partial charge in [-0.3, -0.25) is 9.59 Å². The summed E-state index contributed by atoms with van der Waals surface area (Å²) in [5, 5.41) is 6.18. The van der Waals surface area contributed by atoms with Crippen molar-refractivity contribution in [2.24, 2.45) is 11.8 Å². The van der Waals surface area contributed by atoms with Crippen molar-refractivity contribution < 1.29 is 14.1 Å². The van der Waals surface area contributed by atoms with Gasteiger partial charge in [0.2, 0.25) is 11.8 Å². The Bertz CT molecular complexity index is 648. The van der Waals surface area contributed by atoms with E-state index in [-0.39, 0.29) is 17.1 Å². The summed E-state index contributed by atoms with van der Waals surface area (Å²) in [6.07, 6.45) is 5.99. The van der Waals surface area contributed by atoms with Crippen LogP contribution in [0.2, 0.25) is 0 Å². The number of aromatic nitrogens is 1. The fourth-order valence-electron chi connectivity index (χ4n) is 4.23. The molecule has 1 aromatic rings. The second kappa shape index (κ2) is 8.46. The molecule has 26 heavy (non-hydrogen) atoms.